The predicted octanol–water partition coefficient (Wildman–Crippen LogP) is 2.56. The second-order valence-corrected chi connectivity index (χ2v) is 4.28. The molecule has 0 aromatic heterocycles. The number of aliphatic carboxylic acids is 1. The lowest BCUT2D eigenvalue weighted by Crippen LogP contribution is -2.13. The first-order valence-corrected chi connectivity index (χ1v) is 5.56. The Bertz CT molecular complexity index is 418. The van der Waals surface area contributed by atoms with Crippen LogP contribution in [0.4, 0.5) is 5.69 Å². The van der Waals surface area contributed by atoms with Crippen LogP contribution >= 0.6 is 15.9 Å². The molecule has 0 bridgehead atoms. The van der Waals surface area contributed by atoms with Crippen LogP contribution in [0.15, 0.2) is 22.7 Å². The summed E-state index contributed by atoms with van der Waals surface area (Å²) >= 11 is 3.32. The zero-order chi connectivity index (χ0) is 12.1. The highest BCUT2D eigenvalue weighted by molar-refractivity contribution is 9.10. The van der Waals surface area contributed by atoms with Gasteiger partial charge < -0.3 is 10.4 Å². The van der Waals surface area contributed by atoms with Crippen molar-refractivity contribution in [3.05, 3.63) is 28.2 Å². The van der Waals surface area contributed by atoms with Gasteiger partial charge in [0.05, 0.1) is 12.1 Å². The van der Waals surface area contributed by atoms with Gasteiger partial charge in [0.25, 0.3) is 0 Å². The van der Waals surface area contributed by atoms with Gasteiger partial charge in [-0.1, -0.05) is 6.07 Å². The molecule has 2 N–H and O–H groups in total. The number of rotatable bonds is 4. The monoisotopic (exact) mass is 285 g/mol. The summed E-state index contributed by atoms with van der Waals surface area (Å²) in [6.07, 6.45) is -0.176. The lowest BCUT2D eigenvalue weighted by Gasteiger charge is -2.07. The van der Waals surface area contributed by atoms with Crippen LogP contribution in [-0.4, -0.2) is 17.0 Å². The summed E-state index contributed by atoms with van der Waals surface area (Å²) in [6.45, 7) is 1.95. The Hall–Kier alpha value is -1.36. The highest BCUT2D eigenvalue weighted by atomic mass is 79.9. The molecule has 0 saturated carbocycles. The molecule has 0 radical (unpaired) electrons. The topological polar surface area (TPSA) is 66.4 Å². The van der Waals surface area contributed by atoms with Crippen molar-refractivity contribution in [2.24, 2.45) is 0 Å². The Kier molecular flexibility index (Phi) is 4.49. The average molecular weight is 286 g/mol. The van der Waals surface area contributed by atoms with E-state index in [0.29, 0.717) is 5.69 Å². The Morgan fingerprint density at radius 3 is 2.62 bits per heavy atom. The molecular weight excluding hydrogens is 274 g/mol. The maximum absolute atomic E-state index is 11.4. The van der Waals surface area contributed by atoms with Crippen molar-refractivity contribution in [3.63, 3.8) is 0 Å². The first-order chi connectivity index (χ1) is 7.49. The minimum absolute atomic E-state index is 0.0182. The second-order valence-electron chi connectivity index (χ2n) is 3.43. The van der Waals surface area contributed by atoms with Crippen LogP contribution in [0.2, 0.25) is 0 Å². The molecule has 1 aromatic rings. The van der Waals surface area contributed by atoms with Gasteiger partial charge in [-0.3, -0.25) is 9.59 Å². The van der Waals surface area contributed by atoms with Gasteiger partial charge in [0.1, 0.15) is 0 Å². The number of hydrogen-bond acceptors (Lipinski definition) is 2. The van der Waals surface area contributed by atoms with E-state index in [-0.39, 0.29) is 18.7 Å². The Labute approximate surface area is 102 Å². The van der Waals surface area contributed by atoms with Gasteiger partial charge >= 0.3 is 5.97 Å². The smallest absolute Gasteiger partial charge is 0.303 e. The molecule has 0 aliphatic heterocycles. The van der Waals surface area contributed by atoms with E-state index in [9.17, 15) is 9.59 Å². The molecular formula is C11H12BrNO3. The number of benzene rings is 1. The number of carboxylic acids is 1. The molecule has 1 amide bonds. The van der Waals surface area contributed by atoms with Crippen LogP contribution in [-0.2, 0) is 9.59 Å². The lowest BCUT2D eigenvalue weighted by molar-refractivity contribution is -0.138. The van der Waals surface area contributed by atoms with Gasteiger partial charge in [-0.25, -0.2) is 0 Å². The number of aryl methyl sites for hydroxylation is 1. The van der Waals surface area contributed by atoms with Crippen LogP contribution in [0.5, 0.6) is 0 Å². The SMILES string of the molecule is Cc1ccc(NC(=O)CCC(=O)O)c(Br)c1. The summed E-state index contributed by atoms with van der Waals surface area (Å²) in [5.74, 6) is -1.27. The quantitative estimate of drug-likeness (QED) is 0.894. The number of halogens is 1. The van der Waals surface area contributed by atoms with Crippen LogP contribution in [0.1, 0.15) is 18.4 Å². The first kappa shape index (κ1) is 12.7. The van der Waals surface area contributed by atoms with E-state index in [1.54, 1.807) is 6.07 Å². The van der Waals surface area contributed by atoms with Gasteiger partial charge in [0.2, 0.25) is 5.91 Å². The van der Waals surface area contributed by atoms with E-state index in [1.165, 1.54) is 0 Å². The molecule has 0 fully saturated rings. The molecule has 0 aliphatic carbocycles. The zero-order valence-electron chi connectivity index (χ0n) is 8.79. The number of carboxylic acid groups (broad SMARTS) is 1. The summed E-state index contributed by atoms with van der Waals surface area (Å²) in [4.78, 5) is 21.6. The van der Waals surface area contributed by atoms with Gasteiger partial charge in [0, 0.05) is 10.9 Å². The molecule has 0 heterocycles. The van der Waals surface area contributed by atoms with E-state index in [0.717, 1.165) is 10.0 Å². The summed E-state index contributed by atoms with van der Waals surface area (Å²) in [5.41, 5.74) is 1.73. The van der Waals surface area contributed by atoms with E-state index >= 15 is 0 Å². The molecule has 0 spiro atoms. The first-order valence-electron chi connectivity index (χ1n) is 4.77. The maximum Gasteiger partial charge on any atom is 0.303 e. The molecule has 1 rings (SSSR count). The van der Waals surface area contributed by atoms with Crippen molar-refractivity contribution < 1.29 is 14.7 Å². The molecule has 1 aromatic carbocycles. The number of hydrogen-bond donors (Lipinski definition) is 2. The van der Waals surface area contributed by atoms with Gasteiger partial charge in [0.15, 0.2) is 0 Å². The fraction of sp³-hybridized carbons (Fsp3) is 0.273. The summed E-state index contributed by atoms with van der Waals surface area (Å²) < 4.78 is 0.788. The number of carbonyl (C=O) groups is 2. The highest BCUT2D eigenvalue weighted by Gasteiger charge is 2.07. The normalized spacial score (nSPS) is 9.88. The third-order valence-corrected chi connectivity index (χ3v) is 2.62. The van der Waals surface area contributed by atoms with Crippen LogP contribution in [0, 0.1) is 6.92 Å². The molecule has 86 valence electrons. The van der Waals surface area contributed by atoms with Crippen LogP contribution in [0.3, 0.4) is 0 Å². The van der Waals surface area contributed by atoms with Crippen LogP contribution in [0.25, 0.3) is 0 Å². The largest absolute Gasteiger partial charge is 0.481 e. The molecule has 0 unspecified atom stereocenters. The Morgan fingerprint density at radius 2 is 2.06 bits per heavy atom. The zero-order valence-corrected chi connectivity index (χ0v) is 10.4. The Balaban J connectivity index is 2.59. The predicted molar refractivity (Wildman–Crippen MR) is 64.4 cm³/mol. The maximum atomic E-state index is 11.4. The number of carbonyl (C=O) groups excluding carboxylic acids is 1. The van der Waals surface area contributed by atoms with E-state index in [2.05, 4.69) is 21.2 Å². The number of nitrogens with one attached hydrogen (secondary N) is 1. The molecule has 5 heteroatoms. The molecule has 16 heavy (non-hydrogen) atoms. The minimum Gasteiger partial charge on any atom is -0.481 e. The van der Waals surface area contributed by atoms with Crippen molar-refractivity contribution in [3.8, 4) is 0 Å². The minimum atomic E-state index is -0.974. The molecule has 0 aliphatic rings. The number of anilines is 1. The van der Waals surface area contributed by atoms with E-state index < -0.39 is 5.97 Å². The standard InChI is InChI=1S/C11H12BrNO3/c1-7-2-3-9(8(12)6-7)13-10(14)4-5-11(15)16/h2-3,6H,4-5H2,1H3,(H,13,14)(H,15,16). The van der Waals surface area contributed by atoms with E-state index in [4.69, 9.17) is 5.11 Å². The Morgan fingerprint density at radius 1 is 1.38 bits per heavy atom. The van der Waals surface area contributed by atoms with Crippen molar-refractivity contribution in [2.75, 3.05) is 5.32 Å². The highest BCUT2D eigenvalue weighted by Crippen LogP contribution is 2.23. The van der Waals surface area contributed by atoms with Crippen LogP contribution < -0.4 is 5.32 Å². The number of amides is 1. The summed E-state index contributed by atoms with van der Waals surface area (Å²) in [7, 11) is 0. The fourth-order valence-corrected chi connectivity index (χ4v) is 1.75. The van der Waals surface area contributed by atoms with Crippen molar-refractivity contribution >= 4 is 33.5 Å². The van der Waals surface area contributed by atoms with Crippen molar-refractivity contribution in [1.29, 1.82) is 0 Å². The molecule has 4 nitrogen and oxygen atoms in total. The van der Waals surface area contributed by atoms with Gasteiger partial charge in [-0.15, -0.1) is 0 Å². The summed E-state index contributed by atoms with van der Waals surface area (Å²) in [6, 6.07) is 5.53. The van der Waals surface area contributed by atoms with Crippen molar-refractivity contribution in [1.82, 2.24) is 0 Å². The average Bonchev–Trinajstić information content (AvgIpc) is 2.19. The van der Waals surface area contributed by atoms with Crippen molar-refractivity contribution in [2.45, 2.75) is 19.8 Å². The van der Waals surface area contributed by atoms with Gasteiger partial charge in [-0.05, 0) is 40.5 Å². The summed E-state index contributed by atoms with van der Waals surface area (Å²) in [5, 5.41) is 11.1. The third-order valence-electron chi connectivity index (χ3n) is 1.96. The molecule has 0 saturated heterocycles. The fourth-order valence-electron chi connectivity index (χ4n) is 1.15. The third kappa shape index (κ3) is 4.02. The van der Waals surface area contributed by atoms with E-state index in [1.807, 2.05) is 19.1 Å². The lowest BCUT2D eigenvalue weighted by atomic mass is 10.2. The second kappa shape index (κ2) is 5.65. The van der Waals surface area contributed by atoms with Gasteiger partial charge in [-0.2, -0.15) is 0 Å². The molecule has 0 atom stereocenters.